The number of carboxylic acid groups (broad SMARTS) is 1. The van der Waals surface area contributed by atoms with E-state index in [-0.39, 0.29) is 24.9 Å². The number of anilines is 1. The Morgan fingerprint density at radius 3 is 2.15 bits per heavy atom. The molecule has 0 saturated carbocycles. The van der Waals surface area contributed by atoms with E-state index < -0.39 is 40.7 Å². The molecule has 33 heavy (non-hydrogen) atoms. The van der Waals surface area contributed by atoms with Gasteiger partial charge in [-0.05, 0) is 24.6 Å². The minimum absolute atomic E-state index is 0.130. The topological polar surface area (TPSA) is 168 Å². The number of nitro benzene ring substituents is 1. The largest absolute Gasteiger partial charge is 0.481 e. The van der Waals surface area contributed by atoms with Crippen LogP contribution in [0.15, 0.2) is 54.6 Å². The fourth-order valence-corrected chi connectivity index (χ4v) is 2.85. The second-order valence-electron chi connectivity index (χ2n) is 7.23. The molecular weight excluding hydrogens is 432 g/mol. The van der Waals surface area contributed by atoms with Crippen LogP contribution in [0.2, 0.25) is 0 Å². The van der Waals surface area contributed by atoms with Crippen molar-refractivity contribution in [1.29, 1.82) is 0 Å². The van der Waals surface area contributed by atoms with Gasteiger partial charge in [0.2, 0.25) is 17.7 Å². The number of rotatable bonds is 11. The van der Waals surface area contributed by atoms with Gasteiger partial charge in [0, 0.05) is 30.7 Å². The fourth-order valence-electron chi connectivity index (χ4n) is 2.85. The molecule has 11 nitrogen and oxygen atoms in total. The predicted octanol–water partition coefficient (Wildman–Crippen LogP) is 1.63. The number of carboxylic acids is 1. The molecule has 2 rings (SSSR count). The number of hydrogen-bond acceptors (Lipinski definition) is 6. The Morgan fingerprint density at radius 2 is 1.58 bits per heavy atom. The summed E-state index contributed by atoms with van der Waals surface area (Å²) in [5, 5.41) is 27.1. The molecule has 174 valence electrons. The fraction of sp³-hybridized carbons (Fsp3) is 0.273. The maximum atomic E-state index is 12.9. The molecule has 11 heteroatoms. The second-order valence-corrected chi connectivity index (χ2v) is 7.23. The highest BCUT2D eigenvalue weighted by Gasteiger charge is 2.25. The first-order chi connectivity index (χ1) is 15.7. The smallest absolute Gasteiger partial charge is 0.303 e. The minimum Gasteiger partial charge on any atom is -0.481 e. The van der Waals surface area contributed by atoms with Crippen molar-refractivity contribution in [3.8, 4) is 0 Å². The van der Waals surface area contributed by atoms with Crippen molar-refractivity contribution in [2.45, 2.75) is 38.3 Å². The number of carbonyl (C=O) groups excluding carboxylic acids is 3. The van der Waals surface area contributed by atoms with Crippen molar-refractivity contribution in [2.75, 3.05) is 5.32 Å². The predicted molar refractivity (Wildman–Crippen MR) is 118 cm³/mol. The van der Waals surface area contributed by atoms with Crippen LogP contribution in [0.25, 0.3) is 0 Å². The Kier molecular flexibility index (Phi) is 9.04. The van der Waals surface area contributed by atoms with Gasteiger partial charge >= 0.3 is 5.97 Å². The van der Waals surface area contributed by atoms with Crippen LogP contribution in [0, 0.1) is 10.1 Å². The van der Waals surface area contributed by atoms with E-state index in [0.717, 1.165) is 5.56 Å². The number of amides is 3. The van der Waals surface area contributed by atoms with Crippen molar-refractivity contribution in [2.24, 2.45) is 0 Å². The molecule has 2 atom stereocenters. The van der Waals surface area contributed by atoms with Crippen LogP contribution in [0.3, 0.4) is 0 Å². The molecule has 0 aliphatic rings. The average molecular weight is 456 g/mol. The number of hydrogen-bond donors (Lipinski definition) is 4. The van der Waals surface area contributed by atoms with Gasteiger partial charge in [0.1, 0.15) is 12.1 Å². The van der Waals surface area contributed by atoms with Crippen LogP contribution in [0.5, 0.6) is 0 Å². The lowest BCUT2D eigenvalue weighted by atomic mass is 10.0. The summed E-state index contributed by atoms with van der Waals surface area (Å²) >= 11 is 0. The van der Waals surface area contributed by atoms with Gasteiger partial charge in [-0.15, -0.1) is 0 Å². The highest BCUT2D eigenvalue weighted by molar-refractivity contribution is 5.98. The van der Waals surface area contributed by atoms with Gasteiger partial charge in [0.25, 0.3) is 5.69 Å². The van der Waals surface area contributed by atoms with E-state index in [1.807, 2.05) is 6.07 Å². The number of non-ortho nitro benzene ring substituents is 1. The summed E-state index contributed by atoms with van der Waals surface area (Å²) in [6.07, 6.45) is -0.486. The number of benzene rings is 2. The van der Waals surface area contributed by atoms with Gasteiger partial charge < -0.3 is 21.1 Å². The lowest BCUT2D eigenvalue weighted by molar-refractivity contribution is -0.384. The molecule has 0 heterocycles. The van der Waals surface area contributed by atoms with Crippen molar-refractivity contribution in [1.82, 2.24) is 10.6 Å². The first kappa shape index (κ1) is 25.0. The molecule has 0 radical (unpaired) electrons. The molecule has 3 amide bonds. The summed E-state index contributed by atoms with van der Waals surface area (Å²) in [5.74, 6) is -2.91. The molecule has 0 spiro atoms. The number of nitrogens with zero attached hydrogens (tertiary/aromatic N) is 1. The third-order valence-corrected chi connectivity index (χ3v) is 4.60. The van der Waals surface area contributed by atoms with E-state index in [1.54, 1.807) is 24.3 Å². The van der Waals surface area contributed by atoms with E-state index in [9.17, 15) is 29.3 Å². The van der Waals surface area contributed by atoms with Crippen LogP contribution < -0.4 is 16.0 Å². The second kappa shape index (κ2) is 11.9. The SMILES string of the molecule is C[C@H](NC(=O)CCC(=O)O)C(=O)N[C@@H](Cc1ccccc1)C(=O)Nc1ccc([N+](=O)[O-])cc1. The Labute approximate surface area is 189 Å². The Balaban J connectivity index is 2.08. The third-order valence-electron chi connectivity index (χ3n) is 4.60. The van der Waals surface area contributed by atoms with E-state index in [0.29, 0.717) is 5.69 Å². The van der Waals surface area contributed by atoms with Crippen LogP contribution in [-0.2, 0) is 25.6 Å². The van der Waals surface area contributed by atoms with Crippen molar-refractivity contribution < 1.29 is 29.2 Å². The average Bonchev–Trinajstić information content (AvgIpc) is 2.78. The molecule has 2 aromatic rings. The zero-order valence-electron chi connectivity index (χ0n) is 17.8. The standard InChI is InChI=1S/C22H24N4O7/c1-14(23-19(27)11-12-20(28)29)21(30)25-18(13-15-5-3-2-4-6-15)22(31)24-16-7-9-17(10-8-16)26(32)33/h2-10,14,18H,11-13H2,1H3,(H,23,27)(H,24,31)(H,25,30)(H,28,29)/t14-,18-/m0/s1. The molecule has 0 fully saturated rings. The maximum Gasteiger partial charge on any atom is 0.303 e. The molecule has 0 unspecified atom stereocenters. The summed E-state index contributed by atoms with van der Waals surface area (Å²) in [5.41, 5.74) is 0.960. The highest BCUT2D eigenvalue weighted by atomic mass is 16.6. The lowest BCUT2D eigenvalue weighted by Gasteiger charge is -2.21. The van der Waals surface area contributed by atoms with Gasteiger partial charge in [-0.2, -0.15) is 0 Å². The molecular formula is C22H24N4O7. The van der Waals surface area contributed by atoms with Crippen LogP contribution in [0.4, 0.5) is 11.4 Å². The number of aliphatic carboxylic acids is 1. The zero-order valence-corrected chi connectivity index (χ0v) is 17.8. The van der Waals surface area contributed by atoms with E-state index >= 15 is 0 Å². The number of nitro groups is 1. The van der Waals surface area contributed by atoms with E-state index in [2.05, 4.69) is 16.0 Å². The molecule has 0 aliphatic carbocycles. The minimum atomic E-state index is -1.13. The Morgan fingerprint density at radius 1 is 0.939 bits per heavy atom. The van der Waals surface area contributed by atoms with Gasteiger partial charge in [-0.3, -0.25) is 29.3 Å². The van der Waals surface area contributed by atoms with Crippen molar-refractivity contribution >= 4 is 35.1 Å². The van der Waals surface area contributed by atoms with Crippen LogP contribution in [0.1, 0.15) is 25.3 Å². The Bertz CT molecular complexity index is 1010. The summed E-state index contributed by atoms with van der Waals surface area (Å²) in [6, 6.07) is 12.2. The molecule has 2 aromatic carbocycles. The summed E-state index contributed by atoms with van der Waals surface area (Å²) < 4.78 is 0. The lowest BCUT2D eigenvalue weighted by Crippen LogP contribution is -2.52. The first-order valence-corrected chi connectivity index (χ1v) is 10.1. The molecule has 4 N–H and O–H groups in total. The summed E-state index contributed by atoms with van der Waals surface area (Å²) in [6.45, 7) is 1.42. The van der Waals surface area contributed by atoms with Gasteiger partial charge in [-0.25, -0.2) is 0 Å². The van der Waals surface area contributed by atoms with Crippen LogP contribution >= 0.6 is 0 Å². The van der Waals surface area contributed by atoms with Crippen LogP contribution in [-0.4, -0.2) is 45.8 Å². The summed E-state index contributed by atoms with van der Waals surface area (Å²) in [7, 11) is 0. The number of carbonyl (C=O) groups is 4. The van der Waals surface area contributed by atoms with Gasteiger partial charge in [0.15, 0.2) is 0 Å². The van der Waals surface area contributed by atoms with E-state index in [4.69, 9.17) is 5.11 Å². The van der Waals surface area contributed by atoms with Crippen molar-refractivity contribution in [3.05, 3.63) is 70.3 Å². The van der Waals surface area contributed by atoms with Crippen molar-refractivity contribution in [3.63, 3.8) is 0 Å². The molecule has 0 bridgehead atoms. The first-order valence-electron chi connectivity index (χ1n) is 10.1. The highest BCUT2D eigenvalue weighted by Crippen LogP contribution is 2.16. The van der Waals surface area contributed by atoms with Gasteiger partial charge in [-0.1, -0.05) is 30.3 Å². The normalized spacial score (nSPS) is 12.2. The molecule has 0 saturated heterocycles. The monoisotopic (exact) mass is 456 g/mol. The molecule has 0 aliphatic heterocycles. The molecule has 0 aromatic heterocycles. The maximum absolute atomic E-state index is 12.9. The Hall–Kier alpha value is -4.28. The number of nitrogens with one attached hydrogen (secondary N) is 3. The summed E-state index contributed by atoms with van der Waals surface area (Å²) in [4.78, 5) is 58.1. The third kappa shape index (κ3) is 8.40. The zero-order chi connectivity index (χ0) is 24.4. The van der Waals surface area contributed by atoms with E-state index in [1.165, 1.54) is 31.2 Å². The quantitative estimate of drug-likeness (QED) is 0.294. The van der Waals surface area contributed by atoms with Gasteiger partial charge in [0.05, 0.1) is 11.3 Å².